The fourth-order valence-electron chi connectivity index (χ4n) is 1.79. The summed E-state index contributed by atoms with van der Waals surface area (Å²) in [7, 11) is 1.31. The van der Waals surface area contributed by atoms with Crippen LogP contribution < -0.4 is 0 Å². The molecule has 0 spiro atoms. The Labute approximate surface area is 112 Å². The van der Waals surface area contributed by atoms with Crippen LogP contribution in [0.4, 0.5) is 0 Å². The summed E-state index contributed by atoms with van der Waals surface area (Å²) in [6.07, 6.45) is 0.530. The molecule has 2 rings (SSSR count). The second kappa shape index (κ2) is 5.23. The molecule has 1 aromatic carbocycles. The van der Waals surface area contributed by atoms with E-state index in [1.54, 1.807) is 17.8 Å². The van der Waals surface area contributed by atoms with Crippen LogP contribution >= 0.6 is 27.7 Å². The van der Waals surface area contributed by atoms with Crippen molar-refractivity contribution in [2.24, 2.45) is 5.92 Å². The van der Waals surface area contributed by atoms with Gasteiger partial charge in [-0.3, -0.25) is 9.59 Å². The lowest BCUT2D eigenvalue weighted by Crippen LogP contribution is -2.25. The van der Waals surface area contributed by atoms with Gasteiger partial charge in [0.25, 0.3) is 0 Å². The summed E-state index contributed by atoms with van der Waals surface area (Å²) in [6.45, 7) is 0. The Kier molecular flexibility index (Phi) is 3.89. The molecule has 0 aliphatic carbocycles. The van der Waals surface area contributed by atoms with E-state index >= 15 is 0 Å². The number of carbonyl (C=O) groups is 2. The van der Waals surface area contributed by atoms with Crippen molar-refractivity contribution in [3.8, 4) is 0 Å². The molecule has 0 fully saturated rings. The number of hydrogen-bond acceptors (Lipinski definition) is 4. The van der Waals surface area contributed by atoms with E-state index in [-0.39, 0.29) is 5.78 Å². The van der Waals surface area contributed by atoms with E-state index < -0.39 is 11.9 Å². The predicted molar refractivity (Wildman–Crippen MR) is 69.3 cm³/mol. The summed E-state index contributed by atoms with van der Waals surface area (Å²) < 4.78 is 5.52. The highest BCUT2D eigenvalue weighted by atomic mass is 79.9. The Morgan fingerprint density at radius 2 is 2.29 bits per heavy atom. The topological polar surface area (TPSA) is 43.4 Å². The molecule has 5 heteroatoms. The molecular formula is C12H11BrO3S. The first kappa shape index (κ1) is 12.6. The normalized spacial score (nSPS) is 19.4. The lowest BCUT2D eigenvalue weighted by atomic mass is 9.95. The van der Waals surface area contributed by atoms with Gasteiger partial charge in [0, 0.05) is 14.9 Å². The molecule has 0 saturated heterocycles. The standard InChI is InChI=1S/C12H11BrO3S/c1-16-12(15)8-4-5-17-10-3-2-7(13)6-9(10)11(8)14/h2-3,6,8H,4-5H2,1H3. The molecule has 1 aromatic rings. The van der Waals surface area contributed by atoms with E-state index in [9.17, 15) is 9.59 Å². The number of rotatable bonds is 1. The van der Waals surface area contributed by atoms with E-state index in [2.05, 4.69) is 20.7 Å². The zero-order chi connectivity index (χ0) is 12.4. The molecule has 1 aliphatic rings. The van der Waals surface area contributed by atoms with Crippen molar-refractivity contribution in [3.05, 3.63) is 28.2 Å². The van der Waals surface area contributed by atoms with Crippen LogP contribution in [0.5, 0.6) is 0 Å². The van der Waals surface area contributed by atoms with Crippen LogP contribution in [-0.4, -0.2) is 24.6 Å². The number of ketones is 1. The van der Waals surface area contributed by atoms with Crippen molar-refractivity contribution in [3.63, 3.8) is 0 Å². The maximum absolute atomic E-state index is 12.3. The van der Waals surface area contributed by atoms with E-state index in [0.29, 0.717) is 12.0 Å². The van der Waals surface area contributed by atoms with Gasteiger partial charge in [-0.15, -0.1) is 11.8 Å². The number of ether oxygens (including phenoxy) is 1. The van der Waals surface area contributed by atoms with Crippen LogP contribution in [0.3, 0.4) is 0 Å². The molecule has 3 nitrogen and oxygen atoms in total. The molecule has 0 amide bonds. The van der Waals surface area contributed by atoms with Gasteiger partial charge in [-0.1, -0.05) is 15.9 Å². The van der Waals surface area contributed by atoms with Crippen LogP contribution in [0, 0.1) is 5.92 Å². The van der Waals surface area contributed by atoms with Gasteiger partial charge >= 0.3 is 5.97 Å². The number of benzene rings is 1. The molecule has 0 aromatic heterocycles. The van der Waals surface area contributed by atoms with Crippen LogP contribution in [0.25, 0.3) is 0 Å². The first-order valence-corrected chi connectivity index (χ1v) is 6.95. The van der Waals surface area contributed by atoms with Crippen LogP contribution in [-0.2, 0) is 9.53 Å². The van der Waals surface area contributed by atoms with Crippen molar-refractivity contribution < 1.29 is 14.3 Å². The Hall–Kier alpha value is -0.810. The van der Waals surface area contributed by atoms with Crippen LogP contribution in [0.1, 0.15) is 16.8 Å². The molecule has 0 N–H and O–H groups in total. The number of esters is 1. The van der Waals surface area contributed by atoms with Crippen molar-refractivity contribution in [1.29, 1.82) is 0 Å². The fraction of sp³-hybridized carbons (Fsp3) is 0.333. The number of hydrogen-bond donors (Lipinski definition) is 0. The predicted octanol–water partition coefficient (Wildman–Crippen LogP) is 2.92. The molecule has 0 radical (unpaired) electrons. The highest BCUT2D eigenvalue weighted by molar-refractivity contribution is 9.10. The lowest BCUT2D eigenvalue weighted by Gasteiger charge is -2.10. The SMILES string of the molecule is COC(=O)C1CCSc2ccc(Br)cc2C1=O. The average Bonchev–Trinajstić information content (AvgIpc) is 2.49. The van der Waals surface area contributed by atoms with E-state index in [1.807, 2.05) is 12.1 Å². The molecule has 1 unspecified atom stereocenters. The molecule has 17 heavy (non-hydrogen) atoms. The molecule has 0 saturated carbocycles. The van der Waals surface area contributed by atoms with E-state index in [1.165, 1.54) is 7.11 Å². The fourth-order valence-corrected chi connectivity index (χ4v) is 3.21. The number of carbonyl (C=O) groups excluding carboxylic acids is 2. The second-order valence-corrected chi connectivity index (χ2v) is 5.77. The summed E-state index contributed by atoms with van der Waals surface area (Å²) in [5, 5.41) is 0. The summed E-state index contributed by atoms with van der Waals surface area (Å²) in [4.78, 5) is 24.7. The van der Waals surface area contributed by atoms with Gasteiger partial charge in [0.05, 0.1) is 7.11 Å². The van der Waals surface area contributed by atoms with Crippen LogP contribution in [0.2, 0.25) is 0 Å². The lowest BCUT2D eigenvalue weighted by molar-refractivity contribution is -0.143. The molecule has 1 heterocycles. The molecule has 90 valence electrons. The highest BCUT2D eigenvalue weighted by Crippen LogP contribution is 2.33. The van der Waals surface area contributed by atoms with Crippen molar-refractivity contribution in [1.82, 2.24) is 0 Å². The van der Waals surface area contributed by atoms with Gasteiger partial charge < -0.3 is 4.74 Å². The third-order valence-corrected chi connectivity index (χ3v) is 4.27. The Morgan fingerprint density at radius 1 is 1.53 bits per heavy atom. The van der Waals surface area contributed by atoms with Gasteiger partial charge in [0.15, 0.2) is 5.78 Å². The van der Waals surface area contributed by atoms with Gasteiger partial charge in [0.1, 0.15) is 5.92 Å². The van der Waals surface area contributed by atoms with Gasteiger partial charge in [-0.05, 0) is 30.4 Å². The summed E-state index contributed by atoms with van der Waals surface area (Å²) >= 11 is 4.94. The van der Waals surface area contributed by atoms with E-state index in [4.69, 9.17) is 0 Å². The average molecular weight is 315 g/mol. The highest BCUT2D eigenvalue weighted by Gasteiger charge is 2.32. The number of thioether (sulfide) groups is 1. The Morgan fingerprint density at radius 3 is 3.00 bits per heavy atom. The molecule has 1 atom stereocenters. The van der Waals surface area contributed by atoms with Crippen molar-refractivity contribution >= 4 is 39.4 Å². The number of methoxy groups -OCH3 is 1. The van der Waals surface area contributed by atoms with Gasteiger partial charge in [-0.2, -0.15) is 0 Å². The minimum atomic E-state index is -0.664. The first-order valence-electron chi connectivity index (χ1n) is 5.18. The third-order valence-electron chi connectivity index (χ3n) is 2.67. The van der Waals surface area contributed by atoms with E-state index in [0.717, 1.165) is 15.1 Å². The van der Waals surface area contributed by atoms with Gasteiger partial charge in [0.2, 0.25) is 0 Å². The first-order chi connectivity index (χ1) is 8.13. The zero-order valence-corrected chi connectivity index (χ0v) is 11.6. The zero-order valence-electron chi connectivity index (χ0n) is 9.23. The number of Topliss-reactive ketones (excluding diaryl/α,β-unsaturated/α-hetero) is 1. The Balaban J connectivity index is 2.41. The second-order valence-electron chi connectivity index (χ2n) is 3.72. The van der Waals surface area contributed by atoms with Crippen molar-refractivity contribution in [2.45, 2.75) is 11.3 Å². The summed E-state index contributed by atoms with van der Waals surface area (Å²) in [5.74, 6) is -0.496. The van der Waals surface area contributed by atoms with Crippen LogP contribution in [0.15, 0.2) is 27.6 Å². The maximum Gasteiger partial charge on any atom is 0.316 e. The van der Waals surface area contributed by atoms with Gasteiger partial charge in [-0.25, -0.2) is 0 Å². The molecule has 0 bridgehead atoms. The summed E-state index contributed by atoms with van der Waals surface area (Å²) in [5.41, 5.74) is 0.609. The number of halogens is 1. The molecular weight excluding hydrogens is 304 g/mol. The van der Waals surface area contributed by atoms with Crippen molar-refractivity contribution in [2.75, 3.05) is 12.9 Å². The maximum atomic E-state index is 12.3. The quantitative estimate of drug-likeness (QED) is 0.590. The minimum absolute atomic E-state index is 0.141. The monoisotopic (exact) mass is 314 g/mol. The largest absolute Gasteiger partial charge is 0.468 e. The Bertz CT molecular complexity index is 473. The smallest absolute Gasteiger partial charge is 0.316 e. The third kappa shape index (κ3) is 2.55. The minimum Gasteiger partial charge on any atom is -0.468 e. The molecule has 1 aliphatic heterocycles. The number of fused-ring (bicyclic) bond motifs is 1. The summed E-state index contributed by atoms with van der Waals surface area (Å²) in [6, 6.07) is 5.57.